The van der Waals surface area contributed by atoms with Crippen LogP contribution in [0.5, 0.6) is 0 Å². The number of likely N-dealkylation sites (N-methyl/N-ethyl adjacent to an activating group) is 1. The zero-order valence-corrected chi connectivity index (χ0v) is 10.1. The molecule has 15 heavy (non-hydrogen) atoms. The average Bonchev–Trinajstić information content (AvgIpc) is 2.30. The Morgan fingerprint density at radius 3 is 2.33 bits per heavy atom. The smallest absolute Gasteiger partial charge is 0.0110 e. The minimum absolute atomic E-state index is 0.929. The van der Waals surface area contributed by atoms with E-state index < -0.39 is 0 Å². The van der Waals surface area contributed by atoms with Gasteiger partial charge in [-0.2, -0.15) is 0 Å². The third kappa shape index (κ3) is 3.76. The topological polar surface area (TPSA) is 6.48 Å². The van der Waals surface area contributed by atoms with E-state index in [2.05, 4.69) is 23.3 Å². The van der Waals surface area contributed by atoms with Crippen molar-refractivity contribution in [1.82, 2.24) is 9.80 Å². The van der Waals surface area contributed by atoms with Gasteiger partial charge in [-0.15, -0.1) is 0 Å². The summed E-state index contributed by atoms with van der Waals surface area (Å²) in [6.45, 7) is 6.26. The maximum atomic E-state index is 2.61. The van der Waals surface area contributed by atoms with Crippen LogP contribution in [0.15, 0.2) is 0 Å². The monoisotopic (exact) mass is 209 g/mol. The first kappa shape index (κ1) is 11.4. The van der Waals surface area contributed by atoms with Crippen LogP contribution in [-0.4, -0.2) is 49.6 Å². The lowest BCUT2D eigenvalue weighted by Gasteiger charge is -2.33. The summed E-state index contributed by atoms with van der Waals surface area (Å²) in [4.78, 5) is 5.03. The van der Waals surface area contributed by atoms with Crippen LogP contribution >= 0.6 is 0 Å². The highest BCUT2D eigenvalue weighted by atomic mass is 15.2. The van der Waals surface area contributed by atoms with Gasteiger partial charge in [0.05, 0.1) is 0 Å². The minimum Gasteiger partial charge on any atom is -0.304 e. The molecular weight excluding hydrogens is 184 g/mol. The molecule has 0 unspecified atom stereocenters. The second-order valence-corrected chi connectivity index (χ2v) is 5.24. The molecule has 0 atom stereocenters. The van der Waals surface area contributed by atoms with Crippen LogP contribution in [0.1, 0.15) is 32.1 Å². The second kappa shape index (κ2) is 5.86. The largest absolute Gasteiger partial charge is 0.304 e. The molecule has 0 spiro atoms. The highest BCUT2D eigenvalue weighted by molar-refractivity contribution is 4.83. The minimum atomic E-state index is 0.929. The van der Waals surface area contributed by atoms with E-state index in [4.69, 9.17) is 0 Å². The van der Waals surface area contributed by atoms with Gasteiger partial charge >= 0.3 is 0 Å². The molecule has 0 N–H and O–H groups in total. The Balaban J connectivity index is 1.60. The molecule has 1 aliphatic heterocycles. The summed E-state index contributed by atoms with van der Waals surface area (Å²) in [6, 6.07) is 0. The van der Waals surface area contributed by atoms with Crippen molar-refractivity contribution >= 4 is 0 Å². The third-order valence-electron chi connectivity index (χ3n) is 3.94. The fraction of sp³-hybridized carbons (Fsp3) is 0.923. The van der Waals surface area contributed by atoms with Gasteiger partial charge in [-0.25, -0.2) is 0 Å². The van der Waals surface area contributed by atoms with E-state index in [1.54, 1.807) is 0 Å². The Bertz CT molecular complexity index is 167. The van der Waals surface area contributed by atoms with Crippen molar-refractivity contribution in [2.45, 2.75) is 32.1 Å². The molecule has 2 rings (SSSR count). The van der Waals surface area contributed by atoms with Crippen molar-refractivity contribution in [2.75, 3.05) is 39.8 Å². The SMILES string of the molecule is CN1CCN(C[CH]C2CCCCC2)CC1. The van der Waals surface area contributed by atoms with E-state index >= 15 is 0 Å². The van der Waals surface area contributed by atoms with Crippen LogP contribution in [0.3, 0.4) is 0 Å². The summed E-state index contributed by atoms with van der Waals surface area (Å²) in [5, 5.41) is 0. The molecule has 0 amide bonds. The molecule has 0 aromatic heterocycles. The first-order chi connectivity index (χ1) is 7.34. The van der Waals surface area contributed by atoms with Crippen molar-refractivity contribution in [3.8, 4) is 0 Å². The van der Waals surface area contributed by atoms with Gasteiger partial charge in [0.15, 0.2) is 0 Å². The highest BCUT2D eigenvalue weighted by Gasteiger charge is 2.17. The van der Waals surface area contributed by atoms with Gasteiger partial charge in [-0.1, -0.05) is 32.1 Å². The molecule has 1 saturated carbocycles. The number of nitrogens with zero attached hydrogens (tertiary/aromatic N) is 2. The van der Waals surface area contributed by atoms with Crippen LogP contribution in [0.25, 0.3) is 0 Å². The number of hydrogen-bond acceptors (Lipinski definition) is 2. The standard InChI is InChI=1S/C13H25N2/c1-14-9-11-15(12-10-14)8-7-13-5-3-2-4-6-13/h7,13H,2-6,8-12H2,1H3. The molecule has 2 nitrogen and oxygen atoms in total. The number of piperazine rings is 1. The molecule has 2 fully saturated rings. The van der Waals surface area contributed by atoms with E-state index in [-0.39, 0.29) is 0 Å². The lowest BCUT2D eigenvalue weighted by molar-refractivity contribution is 0.158. The lowest BCUT2D eigenvalue weighted by atomic mass is 9.87. The molecule has 1 saturated heterocycles. The fourth-order valence-corrected chi connectivity index (χ4v) is 2.70. The molecular formula is C13H25N2. The predicted octanol–water partition coefficient (Wildman–Crippen LogP) is 2.02. The van der Waals surface area contributed by atoms with Crippen LogP contribution in [0, 0.1) is 12.3 Å². The van der Waals surface area contributed by atoms with Gasteiger partial charge in [-0.05, 0) is 19.4 Å². The van der Waals surface area contributed by atoms with E-state index in [9.17, 15) is 0 Å². The first-order valence-electron chi connectivity index (χ1n) is 6.59. The van der Waals surface area contributed by atoms with Crippen molar-refractivity contribution in [3.63, 3.8) is 0 Å². The van der Waals surface area contributed by atoms with Gasteiger partial charge in [0.25, 0.3) is 0 Å². The molecule has 0 aromatic rings. The van der Waals surface area contributed by atoms with Crippen molar-refractivity contribution in [2.24, 2.45) is 5.92 Å². The highest BCUT2D eigenvalue weighted by Crippen LogP contribution is 2.25. The van der Waals surface area contributed by atoms with Gasteiger partial charge < -0.3 is 9.80 Å². The molecule has 0 aromatic carbocycles. The van der Waals surface area contributed by atoms with Crippen molar-refractivity contribution in [1.29, 1.82) is 0 Å². The summed E-state index contributed by atoms with van der Waals surface area (Å²) in [5.41, 5.74) is 0. The van der Waals surface area contributed by atoms with E-state index in [0.29, 0.717) is 0 Å². The summed E-state index contributed by atoms with van der Waals surface area (Å²) < 4.78 is 0. The van der Waals surface area contributed by atoms with Crippen LogP contribution in [0.4, 0.5) is 0 Å². The van der Waals surface area contributed by atoms with Crippen LogP contribution in [-0.2, 0) is 0 Å². The Hall–Kier alpha value is -0.0800. The van der Waals surface area contributed by atoms with Crippen molar-refractivity contribution in [3.05, 3.63) is 6.42 Å². The van der Waals surface area contributed by atoms with Gasteiger partial charge in [-0.3, -0.25) is 0 Å². The van der Waals surface area contributed by atoms with Crippen LogP contribution in [0.2, 0.25) is 0 Å². The summed E-state index contributed by atoms with van der Waals surface area (Å²) >= 11 is 0. The maximum Gasteiger partial charge on any atom is 0.0110 e. The summed E-state index contributed by atoms with van der Waals surface area (Å²) in [5.74, 6) is 0.929. The van der Waals surface area contributed by atoms with Gasteiger partial charge in [0.1, 0.15) is 0 Å². The van der Waals surface area contributed by atoms with Crippen LogP contribution < -0.4 is 0 Å². The fourth-order valence-electron chi connectivity index (χ4n) is 2.70. The maximum absolute atomic E-state index is 2.61. The molecule has 1 aliphatic carbocycles. The molecule has 2 heteroatoms. The Morgan fingerprint density at radius 2 is 1.67 bits per heavy atom. The van der Waals surface area contributed by atoms with E-state index in [1.807, 2.05) is 0 Å². The van der Waals surface area contributed by atoms with E-state index in [0.717, 1.165) is 5.92 Å². The summed E-state index contributed by atoms with van der Waals surface area (Å²) in [6.07, 6.45) is 9.89. The quantitative estimate of drug-likeness (QED) is 0.701. The molecule has 0 bridgehead atoms. The molecule has 87 valence electrons. The van der Waals surface area contributed by atoms with Gasteiger partial charge in [0.2, 0.25) is 0 Å². The normalized spacial score (nSPS) is 27.0. The van der Waals surface area contributed by atoms with Crippen molar-refractivity contribution < 1.29 is 0 Å². The van der Waals surface area contributed by atoms with Gasteiger partial charge in [0, 0.05) is 32.7 Å². The zero-order valence-electron chi connectivity index (χ0n) is 10.1. The number of rotatable bonds is 3. The molecule has 1 radical (unpaired) electrons. The Morgan fingerprint density at radius 1 is 1.00 bits per heavy atom. The number of hydrogen-bond donors (Lipinski definition) is 0. The van der Waals surface area contributed by atoms with E-state index in [1.165, 1.54) is 64.8 Å². The predicted molar refractivity (Wildman–Crippen MR) is 64.8 cm³/mol. The molecule has 1 heterocycles. The zero-order chi connectivity index (χ0) is 10.5. The lowest BCUT2D eigenvalue weighted by Crippen LogP contribution is -2.45. The summed E-state index contributed by atoms with van der Waals surface area (Å²) in [7, 11) is 2.22. The Labute approximate surface area is 94.6 Å². The third-order valence-corrected chi connectivity index (χ3v) is 3.94. The average molecular weight is 209 g/mol. The second-order valence-electron chi connectivity index (χ2n) is 5.24. The molecule has 2 aliphatic rings. The Kier molecular flexibility index (Phi) is 4.45. The first-order valence-corrected chi connectivity index (χ1v) is 6.59.